The summed E-state index contributed by atoms with van der Waals surface area (Å²) in [6, 6.07) is 14.4. The molecule has 0 spiro atoms. The number of benzene rings is 2. The molecule has 0 radical (unpaired) electrons. The molecule has 1 aromatic heterocycles. The summed E-state index contributed by atoms with van der Waals surface area (Å²) in [5.41, 5.74) is 1.64. The third-order valence-corrected chi connectivity index (χ3v) is 5.50. The van der Waals surface area contributed by atoms with Crippen LogP contribution in [0.4, 0.5) is 10.5 Å². The van der Waals surface area contributed by atoms with E-state index < -0.39 is 11.9 Å². The summed E-state index contributed by atoms with van der Waals surface area (Å²) >= 11 is 1.24. The maximum Gasteiger partial charge on any atom is 0.325 e. The molecule has 0 saturated carbocycles. The number of fused-ring (bicyclic) bond motifs is 1. The average molecular weight is 439 g/mol. The summed E-state index contributed by atoms with van der Waals surface area (Å²) in [4.78, 5) is 24.3. The number of urea groups is 1. The van der Waals surface area contributed by atoms with Gasteiger partial charge in [0.15, 0.2) is 16.7 Å². The van der Waals surface area contributed by atoms with E-state index >= 15 is 0 Å². The van der Waals surface area contributed by atoms with E-state index in [0.717, 1.165) is 11.4 Å². The van der Waals surface area contributed by atoms with Crippen molar-refractivity contribution in [3.8, 4) is 11.5 Å². The van der Waals surface area contributed by atoms with E-state index in [2.05, 4.69) is 20.8 Å². The Bertz CT molecular complexity index is 1090. The predicted molar refractivity (Wildman–Crippen MR) is 115 cm³/mol. The first-order valence-corrected chi connectivity index (χ1v) is 10.7. The van der Waals surface area contributed by atoms with Crippen molar-refractivity contribution in [1.82, 2.24) is 20.1 Å². The van der Waals surface area contributed by atoms with Gasteiger partial charge in [-0.05, 0) is 24.6 Å². The Labute approximate surface area is 183 Å². The second kappa shape index (κ2) is 9.52. The number of imide groups is 1. The first kappa shape index (κ1) is 20.7. The van der Waals surface area contributed by atoms with E-state index in [1.165, 1.54) is 11.8 Å². The van der Waals surface area contributed by atoms with E-state index in [9.17, 15) is 9.59 Å². The third-order valence-electron chi connectivity index (χ3n) is 4.53. The van der Waals surface area contributed by atoms with Gasteiger partial charge in [-0.15, -0.1) is 10.2 Å². The van der Waals surface area contributed by atoms with Gasteiger partial charge in [-0.3, -0.25) is 10.1 Å². The fraction of sp³-hybridized carbons (Fsp3) is 0.238. The molecule has 0 unspecified atom stereocenters. The molecule has 2 heterocycles. The fourth-order valence-corrected chi connectivity index (χ4v) is 3.90. The summed E-state index contributed by atoms with van der Waals surface area (Å²) in [5.74, 6) is 1.60. The van der Waals surface area contributed by atoms with E-state index in [1.807, 2.05) is 41.8 Å². The minimum atomic E-state index is -0.619. The van der Waals surface area contributed by atoms with Crippen LogP contribution in [0.5, 0.6) is 11.5 Å². The van der Waals surface area contributed by atoms with Crippen LogP contribution in [0.2, 0.25) is 0 Å². The van der Waals surface area contributed by atoms with Crippen LogP contribution in [0, 0.1) is 0 Å². The molecular weight excluding hydrogens is 418 g/mol. The van der Waals surface area contributed by atoms with Crippen molar-refractivity contribution in [3.63, 3.8) is 0 Å². The van der Waals surface area contributed by atoms with Crippen molar-refractivity contribution in [2.45, 2.75) is 25.0 Å². The third kappa shape index (κ3) is 5.15. The van der Waals surface area contributed by atoms with Gasteiger partial charge in [0.05, 0.1) is 5.75 Å². The molecule has 3 amide bonds. The number of anilines is 1. The number of hydrogen-bond acceptors (Lipinski definition) is 7. The van der Waals surface area contributed by atoms with E-state index in [0.29, 0.717) is 35.3 Å². The first-order chi connectivity index (χ1) is 15.1. The van der Waals surface area contributed by atoms with Crippen LogP contribution in [0.15, 0.2) is 53.7 Å². The molecule has 10 heteroatoms. The normalized spacial score (nSPS) is 11.9. The molecule has 2 N–H and O–H groups in total. The second-order valence-electron chi connectivity index (χ2n) is 6.66. The number of rotatable bonds is 7. The Kier molecular flexibility index (Phi) is 6.37. The van der Waals surface area contributed by atoms with Gasteiger partial charge >= 0.3 is 6.03 Å². The molecule has 0 atom stereocenters. The maximum atomic E-state index is 12.2. The molecular formula is C21H21N5O4S. The molecule has 9 nitrogen and oxygen atoms in total. The molecule has 1 aliphatic heterocycles. The number of thioether (sulfide) groups is 1. The number of nitrogens with zero attached hydrogens (tertiary/aromatic N) is 3. The number of carbonyl (C=O) groups excluding carboxylic acids is 2. The molecule has 0 aliphatic carbocycles. The van der Waals surface area contributed by atoms with Crippen LogP contribution in [0.25, 0.3) is 0 Å². The average Bonchev–Trinajstić information content (AvgIpc) is 3.39. The minimum Gasteiger partial charge on any atom is -0.454 e. The Morgan fingerprint density at radius 1 is 1.10 bits per heavy atom. The SMILES string of the molecule is CCn1c(Cc2ccccc2)nnc1SCC(=O)NC(=O)Nc1ccc2c(c1)OCO2. The van der Waals surface area contributed by atoms with Crippen molar-refractivity contribution in [2.75, 3.05) is 17.9 Å². The summed E-state index contributed by atoms with van der Waals surface area (Å²) in [7, 11) is 0. The van der Waals surface area contributed by atoms with Crippen molar-refractivity contribution in [1.29, 1.82) is 0 Å². The Morgan fingerprint density at radius 3 is 2.71 bits per heavy atom. The topological polar surface area (TPSA) is 107 Å². The molecule has 0 saturated heterocycles. The fourth-order valence-electron chi connectivity index (χ4n) is 3.08. The quantitative estimate of drug-likeness (QED) is 0.545. The highest BCUT2D eigenvalue weighted by molar-refractivity contribution is 7.99. The van der Waals surface area contributed by atoms with Crippen LogP contribution in [-0.4, -0.2) is 39.2 Å². The lowest BCUT2D eigenvalue weighted by molar-refractivity contribution is -0.117. The highest BCUT2D eigenvalue weighted by atomic mass is 32.2. The van der Waals surface area contributed by atoms with E-state index in [-0.39, 0.29) is 12.5 Å². The summed E-state index contributed by atoms with van der Waals surface area (Å²) in [5, 5.41) is 14.0. The van der Waals surface area contributed by atoms with Crippen LogP contribution >= 0.6 is 11.8 Å². The minimum absolute atomic E-state index is 0.0397. The molecule has 4 rings (SSSR count). The first-order valence-electron chi connectivity index (χ1n) is 9.71. The van der Waals surface area contributed by atoms with Crippen molar-refractivity contribution in [2.24, 2.45) is 0 Å². The highest BCUT2D eigenvalue weighted by Crippen LogP contribution is 2.34. The second-order valence-corrected chi connectivity index (χ2v) is 7.61. The number of aromatic nitrogens is 3. The summed E-state index contributed by atoms with van der Waals surface area (Å²) in [6.07, 6.45) is 0.659. The zero-order valence-corrected chi connectivity index (χ0v) is 17.6. The maximum absolute atomic E-state index is 12.2. The number of nitrogens with one attached hydrogen (secondary N) is 2. The predicted octanol–water partition coefficient (Wildman–Crippen LogP) is 3.06. The van der Waals surface area contributed by atoms with Crippen LogP contribution in [0.1, 0.15) is 18.3 Å². The van der Waals surface area contributed by atoms with Crippen LogP contribution in [0.3, 0.4) is 0 Å². The lowest BCUT2D eigenvalue weighted by Gasteiger charge is -2.08. The number of amides is 3. The van der Waals surface area contributed by atoms with Crippen molar-refractivity contribution < 1.29 is 19.1 Å². The van der Waals surface area contributed by atoms with Gasteiger partial charge in [-0.1, -0.05) is 42.1 Å². The van der Waals surface area contributed by atoms with Crippen LogP contribution in [-0.2, 0) is 17.8 Å². The zero-order valence-electron chi connectivity index (χ0n) is 16.8. The Balaban J connectivity index is 1.30. The number of hydrogen-bond donors (Lipinski definition) is 2. The standard InChI is InChI=1S/C21H21N5O4S/c1-2-26-18(10-14-6-4-3-5-7-14)24-25-21(26)31-12-19(27)23-20(28)22-15-8-9-16-17(11-15)30-13-29-16/h3-9,11H,2,10,12-13H2,1H3,(H2,22,23,27,28). The van der Waals surface area contributed by atoms with Gasteiger partial charge in [-0.2, -0.15) is 0 Å². The monoisotopic (exact) mass is 439 g/mol. The van der Waals surface area contributed by atoms with Gasteiger partial charge in [0.25, 0.3) is 0 Å². The molecule has 31 heavy (non-hydrogen) atoms. The van der Waals surface area contributed by atoms with Crippen molar-refractivity contribution in [3.05, 3.63) is 59.9 Å². The zero-order chi connectivity index (χ0) is 21.6. The van der Waals surface area contributed by atoms with E-state index in [4.69, 9.17) is 9.47 Å². The summed E-state index contributed by atoms with van der Waals surface area (Å²) < 4.78 is 12.5. The lowest BCUT2D eigenvalue weighted by atomic mass is 10.1. The molecule has 160 valence electrons. The number of ether oxygens (including phenoxy) is 2. The number of carbonyl (C=O) groups is 2. The van der Waals surface area contributed by atoms with E-state index in [1.54, 1.807) is 18.2 Å². The van der Waals surface area contributed by atoms with Gasteiger partial charge in [0.2, 0.25) is 12.7 Å². The van der Waals surface area contributed by atoms with Gasteiger partial charge in [0.1, 0.15) is 5.82 Å². The largest absolute Gasteiger partial charge is 0.454 e. The molecule has 0 bridgehead atoms. The molecule has 2 aromatic carbocycles. The summed E-state index contributed by atoms with van der Waals surface area (Å²) in [6.45, 7) is 2.83. The Morgan fingerprint density at radius 2 is 1.90 bits per heavy atom. The van der Waals surface area contributed by atoms with Gasteiger partial charge in [-0.25, -0.2) is 4.79 Å². The Hall–Kier alpha value is -3.53. The lowest BCUT2D eigenvalue weighted by Crippen LogP contribution is -2.35. The molecule has 0 fully saturated rings. The highest BCUT2D eigenvalue weighted by Gasteiger charge is 2.17. The molecule has 3 aromatic rings. The smallest absolute Gasteiger partial charge is 0.325 e. The van der Waals surface area contributed by atoms with Crippen LogP contribution < -0.4 is 20.1 Å². The van der Waals surface area contributed by atoms with Gasteiger partial charge < -0.3 is 19.4 Å². The van der Waals surface area contributed by atoms with Gasteiger partial charge in [0, 0.05) is 24.7 Å². The molecule has 1 aliphatic rings. The van der Waals surface area contributed by atoms with Crippen molar-refractivity contribution >= 4 is 29.4 Å².